The topological polar surface area (TPSA) is 42.7 Å². The van der Waals surface area contributed by atoms with E-state index in [2.05, 4.69) is 45.2 Å². The number of hydrogen-bond acceptors (Lipinski definition) is 3. The summed E-state index contributed by atoms with van der Waals surface area (Å²) in [7, 11) is 0. The van der Waals surface area contributed by atoms with Crippen molar-refractivity contribution >= 4 is 15.9 Å². The number of aryl methyl sites for hydroxylation is 1. The molecule has 3 rings (SSSR count). The number of aromatic nitrogens is 3. The van der Waals surface area contributed by atoms with Crippen LogP contribution in [-0.4, -0.2) is 27.4 Å². The van der Waals surface area contributed by atoms with Gasteiger partial charge in [-0.05, 0) is 73.3 Å². The standard InChI is InChI=1S/C15H19BrN4/c1-10-14(7-8-17-13-4-5-13)11(2)20(19-10)15-6-3-12(16)9-18-15/h3,6,9,13,17H,4-5,7-8H2,1-2H3. The van der Waals surface area contributed by atoms with E-state index in [1.165, 1.54) is 24.1 Å². The van der Waals surface area contributed by atoms with Gasteiger partial charge in [0.15, 0.2) is 5.82 Å². The Hall–Kier alpha value is -1.20. The molecule has 0 amide bonds. The molecule has 0 radical (unpaired) electrons. The summed E-state index contributed by atoms with van der Waals surface area (Å²) in [5, 5.41) is 8.19. The lowest BCUT2D eigenvalue weighted by atomic mass is 10.1. The largest absolute Gasteiger partial charge is 0.314 e. The number of halogens is 1. The normalized spacial score (nSPS) is 14.8. The van der Waals surface area contributed by atoms with E-state index in [9.17, 15) is 0 Å². The molecule has 1 N–H and O–H groups in total. The molecular weight excluding hydrogens is 316 g/mol. The van der Waals surface area contributed by atoms with E-state index in [1.54, 1.807) is 6.20 Å². The highest BCUT2D eigenvalue weighted by molar-refractivity contribution is 9.10. The summed E-state index contributed by atoms with van der Waals surface area (Å²) in [6.45, 7) is 5.23. The van der Waals surface area contributed by atoms with Gasteiger partial charge < -0.3 is 5.32 Å². The Morgan fingerprint density at radius 1 is 1.35 bits per heavy atom. The zero-order valence-electron chi connectivity index (χ0n) is 11.9. The minimum atomic E-state index is 0.763. The van der Waals surface area contributed by atoms with Gasteiger partial charge in [0, 0.05) is 22.4 Å². The van der Waals surface area contributed by atoms with Gasteiger partial charge in [-0.3, -0.25) is 0 Å². The molecule has 0 unspecified atom stereocenters. The fourth-order valence-corrected chi connectivity index (χ4v) is 2.68. The second-order valence-electron chi connectivity index (χ2n) is 5.37. The molecule has 0 saturated heterocycles. The molecule has 106 valence electrons. The molecule has 2 aromatic heterocycles. The average Bonchev–Trinajstić information content (AvgIpc) is 3.21. The van der Waals surface area contributed by atoms with Gasteiger partial charge in [0.05, 0.1) is 5.69 Å². The summed E-state index contributed by atoms with van der Waals surface area (Å²) >= 11 is 3.41. The third-order valence-electron chi connectivity index (χ3n) is 3.76. The summed E-state index contributed by atoms with van der Waals surface area (Å²) in [6.07, 6.45) is 5.50. The number of rotatable bonds is 5. The van der Waals surface area contributed by atoms with Crippen LogP contribution in [0, 0.1) is 13.8 Å². The molecular formula is C15H19BrN4. The molecule has 0 spiro atoms. The van der Waals surface area contributed by atoms with Crippen molar-refractivity contribution in [2.45, 2.75) is 39.2 Å². The smallest absolute Gasteiger partial charge is 0.153 e. The van der Waals surface area contributed by atoms with E-state index in [1.807, 2.05) is 16.8 Å². The van der Waals surface area contributed by atoms with Gasteiger partial charge in [-0.2, -0.15) is 5.10 Å². The fraction of sp³-hybridized carbons (Fsp3) is 0.467. The van der Waals surface area contributed by atoms with Crippen LogP contribution in [0.4, 0.5) is 0 Å². The van der Waals surface area contributed by atoms with Crippen molar-refractivity contribution < 1.29 is 0 Å². The average molecular weight is 335 g/mol. The minimum Gasteiger partial charge on any atom is -0.314 e. The van der Waals surface area contributed by atoms with Gasteiger partial charge in [0.2, 0.25) is 0 Å². The lowest BCUT2D eigenvalue weighted by Crippen LogP contribution is -2.19. The molecule has 0 bridgehead atoms. The number of pyridine rings is 1. The molecule has 1 aliphatic rings. The predicted molar refractivity (Wildman–Crippen MR) is 83.3 cm³/mol. The van der Waals surface area contributed by atoms with E-state index in [-0.39, 0.29) is 0 Å². The van der Waals surface area contributed by atoms with Crippen molar-refractivity contribution in [2.24, 2.45) is 0 Å². The molecule has 0 aromatic carbocycles. The maximum Gasteiger partial charge on any atom is 0.153 e. The van der Waals surface area contributed by atoms with E-state index in [4.69, 9.17) is 0 Å². The van der Waals surface area contributed by atoms with Crippen molar-refractivity contribution in [3.8, 4) is 5.82 Å². The maximum absolute atomic E-state index is 4.63. The Balaban J connectivity index is 1.79. The van der Waals surface area contributed by atoms with Crippen LogP contribution in [0.5, 0.6) is 0 Å². The van der Waals surface area contributed by atoms with E-state index < -0.39 is 0 Å². The van der Waals surface area contributed by atoms with Crippen LogP contribution in [0.3, 0.4) is 0 Å². The molecule has 5 heteroatoms. The first-order valence-electron chi connectivity index (χ1n) is 7.05. The van der Waals surface area contributed by atoms with Crippen LogP contribution in [0.15, 0.2) is 22.8 Å². The van der Waals surface area contributed by atoms with Crippen LogP contribution in [-0.2, 0) is 6.42 Å². The van der Waals surface area contributed by atoms with E-state index >= 15 is 0 Å². The molecule has 2 aromatic rings. The quantitative estimate of drug-likeness (QED) is 0.914. The summed E-state index contributed by atoms with van der Waals surface area (Å²) in [4.78, 5) is 4.42. The van der Waals surface area contributed by atoms with Crippen molar-refractivity contribution in [1.29, 1.82) is 0 Å². The van der Waals surface area contributed by atoms with Gasteiger partial charge in [-0.25, -0.2) is 9.67 Å². The molecule has 0 atom stereocenters. The highest BCUT2D eigenvalue weighted by Gasteiger charge is 2.20. The fourth-order valence-electron chi connectivity index (χ4n) is 2.44. The number of nitrogens with zero attached hydrogens (tertiary/aromatic N) is 3. The SMILES string of the molecule is Cc1nn(-c2ccc(Br)cn2)c(C)c1CCNC1CC1. The van der Waals surface area contributed by atoms with Gasteiger partial charge in [-0.1, -0.05) is 0 Å². The Kier molecular flexibility index (Phi) is 3.89. The predicted octanol–water partition coefficient (Wildman–Crippen LogP) is 2.94. The minimum absolute atomic E-state index is 0.763. The van der Waals surface area contributed by atoms with Gasteiger partial charge in [0.1, 0.15) is 0 Å². The van der Waals surface area contributed by atoms with Crippen molar-refractivity contribution in [3.63, 3.8) is 0 Å². The van der Waals surface area contributed by atoms with Crippen molar-refractivity contribution in [3.05, 3.63) is 39.8 Å². The zero-order valence-corrected chi connectivity index (χ0v) is 13.4. The summed E-state index contributed by atoms with van der Waals surface area (Å²) in [5.74, 6) is 0.871. The zero-order chi connectivity index (χ0) is 14.1. The van der Waals surface area contributed by atoms with Crippen LogP contribution in [0.2, 0.25) is 0 Å². The highest BCUT2D eigenvalue weighted by Crippen LogP contribution is 2.20. The summed E-state index contributed by atoms with van der Waals surface area (Å²) in [5.41, 5.74) is 3.63. The summed E-state index contributed by atoms with van der Waals surface area (Å²) in [6, 6.07) is 4.74. The molecule has 1 aliphatic carbocycles. The summed E-state index contributed by atoms with van der Waals surface area (Å²) < 4.78 is 2.92. The van der Waals surface area contributed by atoms with Gasteiger partial charge in [0.25, 0.3) is 0 Å². The second-order valence-corrected chi connectivity index (χ2v) is 6.29. The molecule has 4 nitrogen and oxygen atoms in total. The molecule has 20 heavy (non-hydrogen) atoms. The Labute approximate surface area is 127 Å². The van der Waals surface area contributed by atoms with Crippen LogP contribution < -0.4 is 5.32 Å². The van der Waals surface area contributed by atoms with E-state index in [0.29, 0.717) is 0 Å². The maximum atomic E-state index is 4.63. The third kappa shape index (κ3) is 2.94. The number of hydrogen-bond donors (Lipinski definition) is 1. The van der Waals surface area contributed by atoms with Crippen LogP contribution >= 0.6 is 15.9 Å². The lowest BCUT2D eigenvalue weighted by molar-refractivity contribution is 0.679. The third-order valence-corrected chi connectivity index (χ3v) is 4.22. The Bertz CT molecular complexity index is 599. The Morgan fingerprint density at radius 3 is 2.80 bits per heavy atom. The monoisotopic (exact) mass is 334 g/mol. The van der Waals surface area contributed by atoms with Crippen LogP contribution in [0.1, 0.15) is 29.8 Å². The highest BCUT2D eigenvalue weighted by atomic mass is 79.9. The first-order valence-corrected chi connectivity index (χ1v) is 7.85. The van der Waals surface area contributed by atoms with Gasteiger partial charge >= 0.3 is 0 Å². The van der Waals surface area contributed by atoms with Gasteiger partial charge in [-0.15, -0.1) is 0 Å². The lowest BCUT2D eigenvalue weighted by Gasteiger charge is -2.05. The first kappa shape index (κ1) is 13.8. The molecule has 1 fully saturated rings. The second kappa shape index (κ2) is 5.66. The first-order chi connectivity index (χ1) is 9.65. The van der Waals surface area contributed by atoms with Crippen molar-refractivity contribution in [2.75, 3.05) is 6.54 Å². The number of nitrogens with one attached hydrogen (secondary N) is 1. The molecule has 1 saturated carbocycles. The van der Waals surface area contributed by atoms with Crippen molar-refractivity contribution in [1.82, 2.24) is 20.1 Å². The van der Waals surface area contributed by atoms with Crippen LogP contribution in [0.25, 0.3) is 5.82 Å². The molecule has 2 heterocycles. The Morgan fingerprint density at radius 2 is 2.15 bits per heavy atom. The molecule has 0 aliphatic heterocycles. The van der Waals surface area contributed by atoms with E-state index in [0.717, 1.165) is 35.0 Å².